The first-order chi connectivity index (χ1) is 21.9. The Morgan fingerprint density at radius 3 is 2.53 bits per heavy atom. The van der Waals surface area contributed by atoms with Crippen LogP contribution < -0.4 is 4.74 Å². The van der Waals surface area contributed by atoms with Crippen LogP contribution >= 0.6 is 23.1 Å². The summed E-state index contributed by atoms with van der Waals surface area (Å²) in [6.45, 7) is 2.06. The summed E-state index contributed by atoms with van der Waals surface area (Å²) in [7, 11) is 0. The lowest BCUT2D eigenvalue weighted by molar-refractivity contribution is 0.101. The molecule has 4 aromatic carbocycles. The standard InChI is InChI=1S/C34H25N3O6S2/c1-2-42-26-17-21(14-15-24(26)38)29-28(30(39)27-16-20-9-4-6-13-25(20)43-27)31(40)32(41)37(29)33-35-36-34(45-33)44-18-22-11-7-10-19-8-3-5-12-23(19)22/h3-17,38,40-41H,2,18H2,1H3. The molecule has 0 unspecified atom stereocenters. The Morgan fingerprint density at radius 2 is 1.71 bits per heavy atom. The average molecular weight is 636 g/mol. The number of carbonyl (C=O) groups excluding carboxylic acids is 1. The zero-order valence-electron chi connectivity index (χ0n) is 23.8. The van der Waals surface area contributed by atoms with Gasteiger partial charge in [-0.05, 0) is 53.6 Å². The van der Waals surface area contributed by atoms with E-state index in [1.165, 1.54) is 39.8 Å². The minimum absolute atomic E-state index is 0.0164. The van der Waals surface area contributed by atoms with E-state index in [2.05, 4.69) is 34.5 Å². The molecule has 7 aromatic rings. The van der Waals surface area contributed by atoms with Gasteiger partial charge in [0, 0.05) is 16.7 Å². The lowest BCUT2D eigenvalue weighted by Gasteiger charge is -2.11. The van der Waals surface area contributed by atoms with Gasteiger partial charge < -0.3 is 24.5 Å². The normalized spacial score (nSPS) is 11.4. The number of nitrogens with zero attached hydrogens (tertiary/aromatic N) is 3. The molecule has 7 rings (SSSR count). The molecule has 0 spiro atoms. The van der Waals surface area contributed by atoms with E-state index >= 15 is 0 Å². The van der Waals surface area contributed by atoms with E-state index in [9.17, 15) is 20.1 Å². The minimum atomic E-state index is -0.645. The third-order valence-electron chi connectivity index (χ3n) is 7.35. The summed E-state index contributed by atoms with van der Waals surface area (Å²) in [6, 6.07) is 27.6. The van der Waals surface area contributed by atoms with Crippen LogP contribution in [0.2, 0.25) is 0 Å². The van der Waals surface area contributed by atoms with E-state index < -0.39 is 17.4 Å². The maximum absolute atomic E-state index is 14.0. The molecule has 0 amide bonds. The zero-order chi connectivity index (χ0) is 31.1. The van der Waals surface area contributed by atoms with Crippen molar-refractivity contribution in [1.29, 1.82) is 0 Å². The van der Waals surface area contributed by atoms with Crippen molar-refractivity contribution >= 4 is 50.6 Å². The molecule has 0 atom stereocenters. The predicted octanol–water partition coefficient (Wildman–Crippen LogP) is 7.93. The van der Waals surface area contributed by atoms with Crippen molar-refractivity contribution in [2.45, 2.75) is 17.0 Å². The van der Waals surface area contributed by atoms with Crippen molar-refractivity contribution in [2.24, 2.45) is 0 Å². The van der Waals surface area contributed by atoms with Crippen molar-refractivity contribution in [3.8, 4) is 39.5 Å². The highest BCUT2D eigenvalue weighted by Crippen LogP contribution is 2.46. The number of hydrogen-bond donors (Lipinski definition) is 3. The summed E-state index contributed by atoms with van der Waals surface area (Å²) in [5.41, 5.74) is 1.97. The molecule has 0 fully saturated rings. The number of rotatable bonds is 9. The Hall–Kier alpha value is -5.26. The maximum Gasteiger partial charge on any atom is 0.242 e. The number of aromatic hydroxyl groups is 3. The number of phenols is 1. The van der Waals surface area contributed by atoms with Gasteiger partial charge in [-0.2, -0.15) is 0 Å². The van der Waals surface area contributed by atoms with Crippen LogP contribution in [0.1, 0.15) is 28.6 Å². The second-order valence-corrected chi connectivity index (χ2v) is 12.3. The van der Waals surface area contributed by atoms with E-state index in [0.717, 1.165) is 16.3 Å². The largest absolute Gasteiger partial charge is 0.504 e. The summed E-state index contributed by atoms with van der Waals surface area (Å²) in [6.07, 6.45) is 0. The first kappa shape index (κ1) is 28.5. The summed E-state index contributed by atoms with van der Waals surface area (Å²) in [4.78, 5) is 14.0. The first-order valence-corrected chi connectivity index (χ1v) is 15.8. The minimum Gasteiger partial charge on any atom is -0.504 e. The summed E-state index contributed by atoms with van der Waals surface area (Å²) in [5.74, 6) is -1.17. The van der Waals surface area contributed by atoms with Gasteiger partial charge in [-0.25, -0.2) is 0 Å². The number of carbonyl (C=O) groups is 1. The quantitative estimate of drug-likeness (QED) is 0.107. The summed E-state index contributed by atoms with van der Waals surface area (Å²) in [5, 5.41) is 44.8. The van der Waals surface area contributed by atoms with Gasteiger partial charge in [-0.15, -0.1) is 10.2 Å². The van der Waals surface area contributed by atoms with E-state index in [-0.39, 0.29) is 40.3 Å². The molecule has 0 aliphatic heterocycles. The van der Waals surface area contributed by atoms with Crippen molar-refractivity contribution in [1.82, 2.24) is 14.8 Å². The Balaban J connectivity index is 1.32. The van der Waals surface area contributed by atoms with Gasteiger partial charge >= 0.3 is 0 Å². The fourth-order valence-electron chi connectivity index (χ4n) is 5.28. The lowest BCUT2D eigenvalue weighted by atomic mass is 10.0. The Bertz CT molecular complexity index is 2180. The third kappa shape index (κ3) is 5.15. The number of fused-ring (bicyclic) bond motifs is 2. The Morgan fingerprint density at radius 1 is 0.933 bits per heavy atom. The number of hydrogen-bond acceptors (Lipinski definition) is 10. The van der Waals surface area contributed by atoms with E-state index in [0.29, 0.717) is 26.6 Å². The van der Waals surface area contributed by atoms with Crippen LogP contribution in [0.4, 0.5) is 0 Å². The first-order valence-electron chi connectivity index (χ1n) is 14.0. The molecule has 0 saturated carbocycles. The smallest absolute Gasteiger partial charge is 0.242 e. The topological polar surface area (TPSA) is 131 Å². The molecule has 45 heavy (non-hydrogen) atoms. The number of aromatic nitrogens is 3. The number of ketones is 1. The van der Waals surface area contributed by atoms with Crippen LogP contribution in [0.25, 0.3) is 38.1 Å². The van der Waals surface area contributed by atoms with Crippen molar-refractivity contribution in [3.63, 3.8) is 0 Å². The zero-order valence-corrected chi connectivity index (χ0v) is 25.4. The molecule has 11 heteroatoms. The Kier molecular flexibility index (Phi) is 7.40. The number of thioether (sulfide) groups is 1. The van der Waals surface area contributed by atoms with Crippen LogP contribution in [0, 0.1) is 0 Å². The molecule has 0 aliphatic rings. The molecule has 224 valence electrons. The molecule has 0 bridgehead atoms. The highest BCUT2D eigenvalue weighted by atomic mass is 32.2. The average Bonchev–Trinajstić information content (AvgIpc) is 3.77. The van der Waals surface area contributed by atoms with Crippen LogP contribution in [0.3, 0.4) is 0 Å². The molecule has 3 heterocycles. The highest BCUT2D eigenvalue weighted by molar-refractivity contribution is 8.00. The van der Waals surface area contributed by atoms with Crippen LogP contribution in [0.15, 0.2) is 99.8 Å². The van der Waals surface area contributed by atoms with Crippen LogP contribution in [-0.4, -0.2) is 42.5 Å². The number of benzene rings is 4. The van der Waals surface area contributed by atoms with Gasteiger partial charge in [-0.1, -0.05) is 83.8 Å². The summed E-state index contributed by atoms with van der Waals surface area (Å²) >= 11 is 2.69. The number of furan rings is 1. The maximum atomic E-state index is 14.0. The fourth-order valence-corrected chi connectivity index (χ4v) is 7.13. The molecular formula is C34H25N3O6S2. The van der Waals surface area contributed by atoms with Crippen molar-refractivity contribution in [2.75, 3.05) is 6.61 Å². The van der Waals surface area contributed by atoms with E-state index in [1.54, 1.807) is 31.2 Å². The van der Waals surface area contributed by atoms with E-state index in [1.807, 2.05) is 30.3 Å². The van der Waals surface area contributed by atoms with Crippen LogP contribution in [0.5, 0.6) is 23.1 Å². The predicted molar refractivity (Wildman–Crippen MR) is 174 cm³/mol. The molecule has 3 N–H and O–H groups in total. The third-order valence-corrected chi connectivity index (χ3v) is 9.44. The van der Waals surface area contributed by atoms with Crippen molar-refractivity contribution < 1.29 is 29.3 Å². The van der Waals surface area contributed by atoms with E-state index in [4.69, 9.17) is 9.15 Å². The van der Waals surface area contributed by atoms with Crippen LogP contribution in [-0.2, 0) is 5.75 Å². The Labute approximate surface area is 265 Å². The molecule has 0 radical (unpaired) electrons. The van der Waals surface area contributed by atoms with Gasteiger partial charge in [0.05, 0.1) is 17.9 Å². The SMILES string of the molecule is CCOc1cc(-c2c(C(=O)c3cc4ccccc4o3)c(O)c(O)n2-c2nnc(SCc3cccc4ccccc34)s2)ccc1O. The second-order valence-electron chi connectivity index (χ2n) is 10.1. The molecule has 0 aliphatic carbocycles. The fraction of sp³-hybridized carbons (Fsp3) is 0.0882. The number of para-hydroxylation sites is 1. The van der Waals surface area contributed by atoms with Gasteiger partial charge in [-0.3, -0.25) is 9.36 Å². The lowest BCUT2D eigenvalue weighted by Crippen LogP contribution is -2.04. The summed E-state index contributed by atoms with van der Waals surface area (Å²) < 4.78 is 13.3. The van der Waals surface area contributed by atoms with Gasteiger partial charge in [0.25, 0.3) is 0 Å². The highest BCUT2D eigenvalue weighted by Gasteiger charge is 2.33. The number of ether oxygens (including phenoxy) is 1. The molecule has 0 saturated heterocycles. The molecule has 9 nitrogen and oxygen atoms in total. The van der Waals surface area contributed by atoms with Gasteiger partial charge in [0.1, 0.15) is 5.58 Å². The second kappa shape index (κ2) is 11.7. The number of phenolic OH excluding ortho intramolecular Hbond substituents is 1. The molecular weight excluding hydrogens is 611 g/mol. The van der Waals surface area contributed by atoms with Crippen molar-refractivity contribution in [3.05, 3.63) is 108 Å². The van der Waals surface area contributed by atoms with Gasteiger partial charge in [0.2, 0.25) is 16.8 Å². The monoisotopic (exact) mass is 635 g/mol. The van der Waals surface area contributed by atoms with Gasteiger partial charge in [0.15, 0.2) is 27.3 Å². The molecule has 3 aromatic heterocycles.